The van der Waals surface area contributed by atoms with Crippen LogP contribution < -0.4 is 5.32 Å². The van der Waals surface area contributed by atoms with E-state index in [1.54, 1.807) is 0 Å². The molecule has 0 amide bonds. The zero-order valence-electron chi connectivity index (χ0n) is 12.7. The van der Waals surface area contributed by atoms with Gasteiger partial charge in [-0.25, -0.2) is 0 Å². The SMILES string of the molecule is Cc1nnc(NCC(C)(C)CN(C)C)c(C#N)c1C. The summed E-state index contributed by atoms with van der Waals surface area (Å²) in [5.41, 5.74) is 2.38. The van der Waals surface area contributed by atoms with Crippen molar-refractivity contribution < 1.29 is 0 Å². The molecule has 1 aromatic rings. The molecule has 0 radical (unpaired) electrons. The molecular weight excluding hydrogens is 238 g/mol. The van der Waals surface area contributed by atoms with Gasteiger partial charge in [-0.05, 0) is 38.9 Å². The standard InChI is InChI=1S/C14H23N5/c1-10-11(2)17-18-13(12(10)7-15)16-8-14(3,4)9-19(5)6/h8-9H2,1-6H3,(H,16,18). The Balaban J connectivity index is 2.85. The highest BCUT2D eigenvalue weighted by molar-refractivity contribution is 5.55. The van der Waals surface area contributed by atoms with Gasteiger partial charge in [-0.1, -0.05) is 13.8 Å². The second-order valence-corrected chi connectivity index (χ2v) is 6.00. The van der Waals surface area contributed by atoms with Crippen LogP contribution in [0.25, 0.3) is 0 Å². The van der Waals surface area contributed by atoms with Gasteiger partial charge in [0, 0.05) is 13.1 Å². The molecule has 0 saturated carbocycles. The Bertz CT molecular complexity index is 485. The lowest BCUT2D eigenvalue weighted by Crippen LogP contribution is -2.34. The van der Waals surface area contributed by atoms with E-state index < -0.39 is 0 Å². The molecule has 5 heteroatoms. The largest absolute Gasteiger partial charge is 0.367 e. The van der Waals surface area contributed by atoms with Crippen LogP contribution in [0, 0.1) is 30.6 Å². The van der Waals surface area contributed by atoms with Crippen LogP contribution in [0.4, 0.5) is 5.82 Å². The minimum absolute atomic E-state index is 0.0939. The fourth-order valence-electron chi connectivity index (χ4n) is 2.10. The molecule has 0 aliphatic carbocycles. The monoisotopic (exact) mass is 261 g/mol. The molecule has 0 aliphatic rings. The van der Waals surface area contributed by atoms with Crippen molar-refractivity contribution in [1.82, 2.24) is 15.1 Å². The second-order valence-electron chi connectivity index (χ2n) is 6.00. The van der Waals surface area contributed by atoms with Crippen LogP contribution in [-0.2, 0) is 0 Å². The number of nitrogens with one attached hydrogen (secondary N) is 1. The first kappa shape index (κ1) is 15.4. The van der Waals surface area contributed by atoms with E-state index in [2.05, 4.69) is 54.4 Å². The van der Waals surface area contributed by atoms with Gasteiger partial charge in [-0.2, -0.15) is 10.4 Å². The van der Waals surface area contributed by atoms with Crippen LogP contribution in [-0.4, -0.2) is 42.3 Å². The van der Waals surface area contributed by atoms with Crippen molar-refractivity contribution in [1.29, 1.82) is 5.26 Å². The van der Waals surface area contributed by atoms with E-state index in [4.69, 9.17) is 0 Å². The minimum atomic E-state index is 0.0939. The van der Waals surface area contributed by atoms with Crippen LogP contribution in [0.2, 0.25) is 0 Å². The third-order valence-electron chi connectivity index (χ3n) is 3.04. The van der Waals surface area contributed by atoms with E-state index in [-0.39, 0.29) is 5.41 Å². The van der Waals surface area contributed by atoms with Crippen molar-refractivity contribution in [2.75, 3.05) is 32.5 Å². The van der Waals surface area contributed by atoms with Gasteiger partial charge in [-0.15, -0.1) is 5.10 Å². The van der Waals surface area contributed by atoms with Gasteiger partial charge in [0.05, 0.1) is 5.69 Å². The Labute approximate surface area is 115 Å². The number of anilines is 1. The Morgan fingerprint density at radius 2 is 1.89 bits per heavy atom. The summed E-state index contributed by atoms with van der Waals surface area (Å²) < 4.78 is 0. The van der Waals surface area contributed by atoms with E-state index in [1.807, 2.05) is 13.8 Å². The smallest absolute Gasteiger partial charge is 0.166 e. The highest BCUT2D eigenvalue weighted by atomic mass is 15.2. The first-order chi connectivity index (χ1) is 8.76. The van der Waals surface area contributed by atoms with Gasteiger partial charge in [0.2, 0.25) is 0 Å². The fraction of sp³-hybridized carbons (Fsp3) is 0.643. The average Bonchev–Trinajstić information content (AvgIpc) is 2.29. The predicted molar refractivity (Wildman–Crippen MR) is 77.0 cm³/mol. The molecule has 19 heavy (non-hydrogen) atoms. The van der Waals surface area contributed by atoms with Crippen molar-refractivity contribution in [3.63, 3.8) is 0 Å². The summed E-state index contributed by atoms with van der Waals surface area (Å²) in [5, 5.41) is 20.7. The summed E-state index contributed by atoms with van der Waals surface area (Å²) >= 11 is 0. The zero-order chi connectivity index (χ0) is 14.6. The first-order valence-electron chi connectivity index (χ1n) is 6.39. The van der Waals surface area contributed by atoms with Crippen molar-refractivity contribution in [3.05, 3.63) is 16.8 Å². The topological polar surface area (TPSA) is 64.8 Å². The van der Waals surface area contributed by atoms with E-state index in [0.717, 1.165) is 24.3 Å². The molecular formula is C14H23N5. The normalized spacial score (nSPS) is 11.5. The molecule has 0 spiro atoms. The summed E-state index contributed by atoms with van der Waals surface area (Å²) in [6, 6.07) is 2.21. The predicted octanol–water partition coefficient (Wildman–Crippen LogP) is 1.96. The van der Waals surface area contributed by atoms with Crippen LogP contribution >= 0.6 is 0 Å². The molecule has 0 atom stereocenters. The Morgan fingerprint density at radius 1 is 1.26 bits per heavy atom. The number of hydrogen-bond acceptors (Lipinski definition) is 5. The van der Waals surface area contributed by atoms with E-state index in [9.17, 15) is 5.26 Å². The van der Waals surface area contributed by atoms with Crippen molar-refractivity contribution in [2.45, 2.75) is 27.7 Å². The minimum Gasteiger partial charge on any atom is -0.367 e. The third kappa shape index (κ3) is 4.18. The van der Waals surface area contributed by atoms with Gasteiger partial charge in [-0.3, -0.25) is 0 Å². The van der Waals surface area contributed by atoms with Crippen molar-refractivity contribution in [2.24, 2.45) is 5.41 Å². The number of aromatic nitrogens is 2. The molecule has 0 aromatic carbocycles. The molecule has 0 bridgehead atoms. The lowest BCUT2D eigenvalue weighted by Gasteiger charge is -2.28. The third-order valence-corrected chi connectivity index (χ3v) is 3.04. The Morgan fingerprint density at radius 3 is 2.42 bits per heavy atom. The maximum atomic E-state index is 9.23. The van der Waals surface area contributed by atoms with Gasteiger partial charge in [0.25, 0.3) is 0 Å². The average molecular weight is 261 g/mol. The molecule has 104 valence electrons. The molecule has 5 nitrogen and oxygen atoms in total. The van der Waals surface area contributed by atoms with E-state index in [1.165, 1.54) is 0 Å². The lowest BCUT2D eigenvalue weighted by molar-refractivity contribution is 0.254. The number of nitriles is 1. The number of rotatable bonds is 5. The Hall–Kier alpha value is -1.67. The molecule has 1 N–H and O–H groups in total. The van der Waals surface area contributed by atoms with Crippen LogP contribution in [0.15, 0.2) is 0 Å². The molecule has 0 fully saturated rings. The maximum absolute atomic E-state index is 9.23. The lowest BCUT2D eigenvalue weighted by atomic mass is 9.93. The van der Waals surface area contributed by atoms with Gasteiger partial charge in [0.15, 0.2) is 5.82 Å². The highest BCUT2D eigenvalue weighted by Crippen LogP contribution is 2.20. The molecule has 0 aliphatic heterocycles. The highest BCUT2D eigenvalue weighted by Gasteiger charge is 2.20. The van der Waals surface area contributed by atoms with Crippen LogP contribution in [0.1, 0.15) is 30.7 Å². The maximum Gasteiger partial charge on any atom is 0.166 e. The zero-order valence-corrected chi connectivity index (χ0v) is 12.7. The summed E-state index contributed by atoms with van der Waals surface area (Å²) in [5.74, 6) is 0.581. The summed E-state index contributed by atoms with van der Waals surface area (Å²) in [6.07, 6.45) is 0. The van der Waals surface area contributed by atoms with Gasteiger partial charge in [0.1, 0.15) is 11.6 Å². The number of nitrogens with zero attached hydrogens (tertiary/aromatic N) is 4. The van der Waals surface area contributed by atoms with Gasteiger partial charge >= 0.3 is 0 Å². The number of aryl methyl sites for hydroxylation is 1. The van der Waals surface area contributed by atoms with Crippen LogP contribution in [0.3, 0.4) is 0 Å². The summed E-state index contributed by atoms with van der Waals surface area (Å²) in [6.45, 7) is 9.83. The van der Waals surface area contributed by atoms with Gasteiger partial charge < -0.3 is 10.2 Å². The molecule has 0 saturated heterocycles. The summed E-state index contributed by atoms with van der Waals surface area (Å²) in [4.78, 5) is 2.15. The van der Waals surface area contributed by atoms with Crippen LogP contribution in [0.5, 0.6) is 0 Å². The summed E-state index contributed by atoms with van der Waals surface area (Å²) in [7, 11) is 4.11. The molecule has 1 aromatic heterocycles. The van der Waals surface area contributed by atoms with Crippen molar-refractivity contribution >= 4 is 5.82 Å². The quantitative estimate of drug-likeness (QED) is 0.877. The van der Waals surface area contributed by atoms with Crippen molar-refractivity contribution in [3.8, 4) is 6.07 Å². The molecule has 1 rings (SSSR count). The molecule has 1 heterocycles. The van der Waals surface area contributed by atoms with E-state index in [0.29, 0.717) is 11.4 Å². The molecule has 0 unspecified atom stereocenters. The second kappa shape index (κ2) is 5.98. The van der Waals surface area contributed by atoms with E-state index >= 15 is 0 Å². The Kier molecular flexibility index (Phi) is 4.84. The first-order valence-corrected chi connectivity index (χ1v) is 6.39. The fourth-order valence-corrected chi connectivity index (χ4v) is 2.10. The number of hydrogen-bond donors (Lipinski definition) is 1.